The maximum atomic E-state index is 11.9. The molecular weight excluding hydrogens is 356 g/mol. The summed E-state index contributed by atoms with van der Waals surface area (Å²) in [4.78, 5) is 22.2. The highest BCUT2D eigenvalue weighted by Crippen LogP contribution is 2.28. The van der Waals surface area contributed by atoms with E-state index in [1.807, 2.05) is 0 Å². The summed E-state index contributed by atoms with van der Waals surface area (Å²) in [5.41, 5.74) is 0.547. The van der Waals surface area contributed by atoms with Crippen molar-refractivity contribution >= 4 is 55.5 Å². The van der Waals surface area contributed by atoms with Crippen LogP contribution in [-0.4, -0.2) is 10.8 Å². The van der Waals surface area contributed by atoms with E-state index >= 15 is 0 Å². The number of carbonyl (C=O) groups excluding carboxylic acids is 1. The van der Waals surface area contributed by atoms with Crippen molar-refractivity contribution in [1.29, 1.82) is 0 Å². The fraction of sp³-hybridized carbons (Fsp3) is 0. The molecule has 1 aromatic heterocycles. The maximum Gasteiger partial charge on any atom is 0.324 e. The van der Waals surface area contributed by atoms with Crippen molar-refractivity contribution in [2.75, 3.05) is 5.32 Å². The van der Waals surface area contributed by atoms with Gasteiger partial charge in [-0.2, -0.15) is 0 Å². The van der Waals surface area contributed by atoms with Crippen molar-refractivity contribution in [3.05, 3.63) is 54.8 Å². The highest BCUT2D eigenvalue weighted by atomic mass is 79.9. The lowest BCUT2D eigenvalue weighted by atomic mass is 10.3. The number of rotatable bonds is 3. The normalized spacial score (nSPS) is 10.2. The number of benzene rings is 1. The Morgan fingerprint density at radius 2 is 2.11 bits per heavy atom. The number of nitrogens with zero attached hydrogens (tertiary/aromatic N) is 1. The van der Waals surface area contributed by atoms with Gasteiger partial charge in [0, 0.05) is 15.6 Å². The Hall–Kier alpha value is -1.44. The van der Waals surface area contributed by atoms with Gasteiger partial charge in [0.2, 0.25) is 0 Å². The molecule has 0 bridgehead atoms. The zero-order chi connectivity index (χ0) is 14.0. The minimum Gasteiger partial charge on any atom is -0.320 e. The number of hydrogen-bond acceptors (Lipinski definition) is 4. The van der Waals surface area contributed by atoms with Crippen molar-refractivity contribution < 1.29 is 9.72 Å². The Morgan fingerprint density at radius 1 is 1.37 bits per heavy atom. The van der Waals surface area contributed by atoms with E-state index in [1.54, 1.807) is 18.2 Å². The summed E-state index contributed by atoms with van der Waals surface area (Å²) in [5.74, 6) is -0.402. The third-order valence-electron chi connectivity index (χ3n) is 2.17. The van der Waals surface area contributed by atoms with Gasteiger partial charge >= 0.3 is 5.00 Å². The third-order valence-corrected chi connectivity index (χ3v) is 4.10. The van der Waals surface area contributed by atoms with Crippen molar-refractivity contribution in [3.63, 3.8) is 0 Å². The highest BCUT2D eigenvalue weighted by Gasteiger charge is 2.16. The number of carbonyl (C=O) groups is 1. The van der Waals surface area contributed by atoms with E-state index in [4.69, 9.17) is 11.6 Å². The Kier molecular flexibility index (Phi) is 4.18. The predicted octanol–water partition coefficient (Wildman–Crippen LogP) is 4.32. The first-order valence-electron chi connectivity index (χ1n) is 4.98. The van der Waals surface area contributed by atoms with Gasteiger partial charge in [0.25, 0.3) is 5.91 Å². The molecule has 5 nitrogen and oxygen atoms in total. The lowest BCUT2D eigenvalue weighted by Crippen LogP contribution is -2.10. The molecule has 98 valence electrons. The van der Waals surface area contributed by atoms with Crippen LogP contribution in [-0.2, 0) is 0 Å². The molecule has 0 aliphatic rings. The maximum absolute atomic E-state index is 11.9. The summed E-state index contributed by atoms with van der Waals surface area (Å²) in [7, 11) is 0. The summed E-state index contributed by atoms with van der Waals surface area (Å²) >= 11 is 9.89. The Labute approximate surface area is 125 Å². The molecule has 0 aliphatic carbocycles. The van der Waals surface area contributed by atoms with Crippen LogP contribution in [0, 0.1) is 10.1 Å². The molecule has 8 heteroatoms. The molecule has 0 saturated carbocycles. The molecule has 0 atom stereocenters. The molecule has 1 N–H and O–H groups in total. The van der Waals surface area contributed by atoms with E-state index in [1.165, 1.54) is 12.1 Å². The van der Waals surface area contributed by atoms with Crippen LogP contribution < -0.4 is 5.32 Å². The van der Waals surface area contributed by atoms with Crippen LogP contribution in [0.4, 0.5) is 10.7 Å². The minimum absolute atomic E-state index is 0.0691. The first-order valence-corrected chi connectivity index (χ1v) is 6.97. The first-order chi connectivity index (χ1) is 8.97. The number of anilines is 1. The Balaban J connectivity index is 2.18. The lowest BCUT2D eigenvalue weighted by molar-refractivity contribution is -0.380. The van der Waals surface area contributed by atoms with Crippen LogP contribution in [0.25, 0.3) is 0 Å². The van der Waals surface area contributed by atoms with Crippen molar-refractivity contribution in [2.24, 2.45) is 0 Å². The Bertz CT molecular complexity index is 659. The van der Waals surface area contributed by atoms with Gasteiger partial charge in [-0.3, -0.25) is 14.9 Å². The third kappa shape index (κ3) is 3.31. The van der Waals surface area contributed by atoms with Gasteiger partial charge in [-0.15, -0.1) is 0 Å². The molecule has 0 fully saturated rings. The average Bonchev–Trinajstić information content (AvgIpc) is 2.82. The van der Waals surface area contributed by atoms with Crippen LogP contribution in [0.15, 0.2) is 34.8 Å². The molecule has 0 unspecified atom stereocenters. The summed E-state index contributed by atoms with van der Waals surface area (Å²) in [6.45, 7) is 0. The van der Waals surface area contributed by atoms with Crippen LogP contribution in [0.3, 0.4) is 0 Å². The van der Waals surface area contributed by atoms with E-state index in [9.17, 15) is 14.9 Å². The molecule has 1 amide bonds. The summed E-state index contributed by atoms with van der Waals surface area (Å²) in [6, 6.07) is 7.65. The number of amides is 1. The fourth-order valence-electron chi connectivity index (χ4n) is 1.32. The fourth-order valence-corrected chi connectivity index (χ4v) is 2.82. The molecule has 2 rings (SSSR count). The SMILES string of the molecule is O=C(Nc1ccc(Cl)cc1Br)c1ccc([N+](=O)[O-])s1. The molecule has 1 heterocycles. The zero-order valence-corrected chi connectivity index (χ0v) is 12.4. The topological polar surface area (TPSA) is 72.2 Å². The quantitative estimate of drug-likeness (QED) is 0.653. The number of halogens is 2. The van der Waals surface area contributed by atoms with Crippen LogP contribution in [0.2, 0.25) is 5.02 Å². The molecule has 0 saturated heterocycles. The monoisotopic (exact) mass is 360 g/mol. The standard InChI is InChI=1S/C11H6BrClN2O3S/c12-7-5-6(13)1-2-8(7)14-11(16)9-3-4-10(19-9)15(17)18/h1-5H,(H,14,16). The highest BCUT2D eigenvalue weighted by molar-refractivity contribution is 9.10. The van der Waals surface area contributed by atoms with Crippen molar-refractivity contribution in [3.8, 4) is 0 Å². The number of thiophene rings is 1. The number of hydrogen-bond donors (Lipinski definition) is 1. The van der Waals surface area contributed by atoms with E-state index in [0.29, 0.717) is 15.2 Å². The predicted molar refractivity (Wildman–Crippen MR) is 78.1 cm³/mol. The molecule has 0 spiro atoms. The molecular formula is C11H6BrClN2O3S. The number of nitrogens with one attached hydrogen (secondary N) is 1. The van der Waals surface area contributed by atoms with Gasteiger partial charge in [-0.05, 0) is 40.2 Å². The molecule has 2 aromatic rings. The second-order valence-electron chi connectivity index (χ2n) is 3.47. The molecule has 19 heavy (non-hydrogen) atoms. The zero-order valence-electron chi connectivity index (χ0n) is 9.22. The minimum atomic E-state index is -0.528. The smallest absolute Gasteiger partial charge is 0.320 e. The van der Waals surface area contributed by atoms with Crippen molar-refractivity contribution in [2.45, 2.75) is 0 Å². The van der Waals surface area contributed by atoms with Crippen LogP contribution >= 0.6 is 38.9 Å². The lowest BCUT2D eigenvalue weighted by Gasteiger charge is -2.06. The van der Waals surface area contributed by atoms with Gasteiger partial charge in [0.15, 0.2) is 0 Å². The molecule has 0 aliphatic heterocycles. The van der Waals surface area contributed by atoms with E-state index < -0.39 is 10.8 Å². The molecule has 1 aromatic carbocycles. The summed E-state index contributed by atoms with van der Waals surface area (Å²) < 4.78 is 0.638. The van der Waals surface area contributed by atoms with Crippen LogP contribution in [0.5, 0.6) is 0 Å². The van der Waals surface area contributed by atoms with E-state index in [0.717, 1.165) is 11.3 Å². The average molecular weight is 362 g/mol. The van der Waals surface area contributed by atoms with E-state index in [-0.39, 0.29) is 9.88 Å². The second-order valence-corrected chi connectivity index (χ2v) is 5.83. The number of nitro groups is 1. The Morgan fingerprint density at radius 3 is 2.68 bits per heavy atom. The van der Waals surface area contributed by atoms with Gasteiger partial charge < -0.3 is 5.32 Å². The van der Waals surface area contributed by atoms with Crippen LogP contribution in [0.1, 0.15) is 9.67 Å². The van der Waals surface area contributed by atoms with E-state index in [2.05, 4.69) is 21.2 Å². The summed E-state index contributed by atoms with van der Waals surface area (Å²) in [5, 5.41) is 13.7. The molecule has 0 radical (unpaired) electrons. The van der Waals surface area contributed by atoms with Gasteiger partial charge in [-0.25, -0.2) is 0 Å². The first kappa shape index (κ1) is 14.0. The van der Waals surface area contributed by atoms with Gasteiger partial charge in [0.1, 0.15) is 0 Å². The van der Waals surface area contributed by atoms with Gasteiger partial charge in [-0.1, -0.05) is 22.9 Å². The van der Waals surface area contributed by atoms with Crippen molar-refractivity contribution in [1.82, 2.24) is 0 Å². The largest absolute Gasteiger partial charge is 0.324 e. The second kappa shape index (κ2) is 5.68. The summed E-state index contributed by atoms with van der Waals surface area (Å²) in [6.07, 6.45) is 0. The van der Waals surface area contributed by atoms with Gasteiger partial charge in [0.05, 0.1) is 15.5 Å².